The summed E-state index contributed by atoms with van der Waals surface area (Å²) in [6.45, 7) is 0. The van der Waals surface area contributed by atoms with Gasteiger partial charge in [0.25, 0.3) is 0 Å². The first-order valence-corrected chi connectivity index (χ1v) is 7.11. The van der Waals surface area contributed by atoms with Gasteiger partial charge in [0.1, 0.15) is 5.84 Å². The van der Waals surface area contributed by atoms with Crippen LogP contribution in [0.5, 0.6) is 0 Å². The van der Waals surface area contributed by atoms with E-state index in [1.54, 1.807) is 12.1 Å². The number of benzene rings is 1. The van der Waals surface area contributed by atoms with Gasteiger partial charge in [-0.25, -0.2) is 4.57 Å². The smallest absolute Gasteiger partial charge is 0.237 e. The van der Waals surface area contributed by atoms with Crippen molar-refractivity contribution in [2.75, 3.05) is 5.32 Å². The van der Waals surface area contributed by atoms with E-state index in [-0.39, 0.29) is 18.2 Å². The largest absolute Gasteiger partial charge is 0.294 e. The van der Waals surface area contributed by atoms with Gasteiger partial charge >= 0.3 is 0 Å². The Hall–Kier alpha value is -2.66. The lowest BCUT2D eigenvalue weighted by Gasteiger charge is -2.15. The van der Waals surface area contributed by atoms with Gasteiger partial charge in [0.15, 0.2) is 5.16 Å². The summed E-state index contributed by atoms with van der Waals surface area (Å²) >= 11 is 1.43. The molecule has 0 atom stereocenters. The first-order chi connectivity index (χ1) is 10.2. The number of carbonyl (C=O) groups is 1. The number of aromatic nitrogens is 3. The fourth-order valence-electron chi connectivity index (χ4n) is 1.91. The van der Waals surface area contributed by atoms with Crippen LogP contribution in [-0.2, 0) is 10.5 Å². The standard InChI is InChI=1S/C13H10N6OS/c14-6-8-1-3-9(4-2-8)7-21-13-18-17-12-16-11(20)5-10(15)19(12)13/h1-4,15H,5,7H2,(H,16,17,20). The lowest BCUT2D eigenvalue weighted by atomic mass is 10.2. The van der Waals surface area contributed by atoms with Gasteiger partial charge in [-0.2, -0.15) is 5.26 Å². The van der Waals surface area contributed by atoms with Gasteiger partial charge < -0.3 is 0 Å². The van der Waals surface area contributed by atoms with Crippen LogP contribution in [0.3, 0.4) is 0 Å². The Morgan fingerprint density at radius 2 is 2.14 bits per heavy atom. The first kappa shape index (κ1) is 13.3. The molecule has 0 spiro atoms. The Labute approximate surface area is 124 Å². The number of carbonyl (C=O) groups excluding carboxylic acids is 1. The average molecular weight is 298 g/mol. The molecule has 2 N–H and O–H groups in total. The first-order valence-electron chi connectivity index (χ1n) is 6.12. The Bertz CT molecular complexity index is 758. The third kappa shape index (κ3) is 2.64. The van der Waals surface area contributed by atoms with E-state index >= 15 is 0 Å². The highest BCUT2D eigenvalue weighted by Gasteiger charge is 2.24. The zero-order chi connectivity index (χ0) is 14.8. The van der Waals surface area contributed by atoms with Crippen LogP contribution in [0.25, 0.3) is 0 Å². The number of hydrogen-bond acceptors (Lipinski definition) is 6. The predicted octanol–water partition coefficient (Wildman–Crippen LogP) is 1.61. The molecule has 8 heteroatoms. The van der Waals surface area contributed by atoms with Crippen molar-refractivity contribution in [3.63, 3.8) is 0 Å². The highest BCUT2D eigenvalue weighted by molar-refractivity contribution is 7.98. The highest BCUT2D eigenvalue weighted by atomic mass is 32.2. The minimum atomic E-state index is -0.247. The summed E-state index contributed by atoms with van der Waals surface area (Å²) in [5.41, 5.74) is 1.66. The third-order valence-corrected chi connectivity index (χ3v) is 3.93. The molecule has 0 saturated carbocycles. The molecule has 2 aromatic rings. The number of nitrogens with zero attached hydrogens (tertiary/aromatic N) is 4. The molecule has 3 rings (SSSR count). The third-order valence-electron chi connectivity index (χ3n) is 2.93. The number of nitrogens with one attached hydrogen (secondary N) is 2. The molecule has 1 aromatic heterocycles. The van der Waals surface area contributed by atoms with Crippen LogP contribution in [0.4, 0.5) is 5.95 Å². The Morgan fingerprint density at radius 1 is 1.38 bits per heavy atom. The second-order valence-electron chi connectivity index (χ2n) is 4.41. The van der Waals surface area contributed by atoms with Gasteiger partial charge in [-0.1, -0.05) is 23.9 Å². The zero-order valence-electron chi connectivity index (χ0n) is 10.8. The quantitative estimate of drug-likeness (QED) is 0.837. The van der Waals surface area contributed by atoms with E-state index in [0.29, 0.717) is 22.4 Å². The maximum atomic E-state index is 11.3. The van der Waals surface area contributed by atoms with Gasteiger partial charge in [-0.3, -0.25) is 15.5 Å². The molecular weight excluding hydrogens is 288 g/mol. The van der Waals surface area contributed by atoms with Crippen LogP contribution >= 0.6 is 11.8 Å². The minimum absolute atomic E-state index is 0.0233. The molecule has 104 valence electrons. The van der Waals surface area contributed by atoms with E-state index in [1.165, 1.54) is 16.3 Å². The van der Waals surface area contributed by atoms with Crippen molar-refractivity contribution in [3.8, 4) is 6.07 Å². The number of anilines is 1. The van der Waals surface area contributed by atoms with Crippen LogP contribution in [0, 0.1) is 16.7 Å². The molecule has 0 aliphatic carbocycles. The molecule has 0 saturated heterocycles. The van der Waals surface area contributed by atoms with E-state index in [9.17, 15) is 4.79 Å². The summed E-state index contributed by atoms with van der Waals surface area (Å²) in [4.78, 5) is 11.3. The summed E-state index contributed by atoms with van der Waals surface area (Å²) in [5, 5.41) is 27.7. The molecule has 0 radical (unpaired) electrons. The number of thioether (sulfide) groups is 1. The number of amides is 1. The number of hydrogen-bond donors (Lipinski definition) is 2. The van der Waals surface area contributed by atoms with E-state index in [1.807, 2.05) is 12.1 Å². The normalized spacial score (nSPS) is 13.5. The van der Waals surface area contributed by atoms with Crippen LogP contribution in [0.15, 0.2) is 29.4 Å². The number of nitriles is 1. The summed E-state index contributed by atoms with van der Waals surface area (Å²) in [6.07, 6.45) is 0.0233. The molecule has 1 aliphatic rings. The van der Waals surface area contributed by atoms with Gasteiger partial charge in [-0.15, -0.1) is 10.2 Å². The number of fused-ring (bicyclic) bond motifs is 1. The molecular formula is C13H10N6OS. The molecule has 0 fully saturated rings. The van der Waals surface area contributed by atoms with Gasteiger partial charge in [-0.05, 0) is 17.7 Å². The van der Waals surface area contributed by atoms with Gasteiger partial charge in [0, 0.05) is 5.75 Å². The van der Waals surface area contributed by atoms with Crippen molar-refractivity contribution in [2.24, 2.45) is 0 Å². The van der Waals surface area contributed by atoms with Crippen LogP contribution < -0.4 is 5.32 Å². The van der Waals surface area contributed by atoms with Gasteiger partial charge in [0.2, 0.25) is 11.9 Å². The summed E-state index contributed by atoms with van der Waals surface area (Å²) in [6, 6.07) is 9.36. The summed E-state index contributed by atoms with van der Waals surface area (Å²) < 4.78 is 1.54. The van der Waals surface area contributed by atoms with Crippen LogP contribution in [0.2, 0.25) is 0 Å². The second kappa shape index (κ2) is 5.38. The maximum absolute atomic E-state index is 11.3. The van der Waals surface area contributed by atoms with E-state index in [4.69, 9.17) is 10.7 Å². The molecule has 2 heterocycles. The monoisotopic (exact) mass is 298 g/mol. The van der Waals surface area contributed by atoms with Crippen LogP contribution in [-0.4, -0.2) is 26.5 Å². The molecule has 0 unspecified atom stereocenters. The molecule has 7 nitrogen and oxygen atoms in total. The van der Waals surface area contributed by atoms with Gasteiger partial charge in [0.05, 0.1) is 18.1 Å². The van der Waals surface area contributed by atoms with Crippen molar-refractivity contribution < 1.29 is 4.79 Å². The van der Waals surface area contributed by atoms with Crippen molar-refractivity contribution in [1.29, 1.82) is 10.7 Å². The Morgan fingerprint density at radius 3 is 2.86 bits per heavy atom. The minimum Gasteiger partial charge on any atom is -0.294 e. The lowest BCUT2D eigenvalue weighted by Crippen LogP contribution is -2.29. The van der Waals surface area contributed by atoms with Crippen molar-refractivity contribution >= 4 is 29.5 Å². The average Bonchev–Trinajstić information content (AvgIpc) is 2.89. The van der Waals surface area contributed by atoms with Crippen molar-refractivity contribution in [1.82, 2.24) is 14.8 Å². The Kier molecular flexibility index (Phi) is 3.41. The lowest BCUT2D eigenvalue weighted by molar-refractivity contribution is -0.115. The van der Waals surface area contributed by atoms with E-state index in [2.05, 4.69) is 21.6 Å². The highest BCUT2D eigenvalue weighted by Crippen LogP contribution is 2.25. The molecule has 1 amide bonds. The molecule has 21 heavy (non-hydrogen) atoms. The molecule has 0 bridgehead atoms. The van der Waals surface area contributed by atoms with Crippen molar-refractivity contribution in [3.05, 3.63) is 35.4 Å². The topological polar surface area (TPSA) is 107 Å². The zero-order valence-corrected chi connectivity index (χ0v) is 11.6. The van der Waals surface area contributed by atoms with Crippen molar-refractivity contribution in [2.45, 2.75) is 17.3 Å². The fourth-order valence-corrected chi connectivity index (χ4v) is 2.82. The van der Waals surface area contributed by atoms with E-state index < -0.39 is 0 Å². The van der Waals surface area contributed by atoms with Crippen LogP contribution in [0.1, 0.15) is 17.5 Å². The fraction of sp³-hybridized carbons (Fsp3) is 0.154. The summed E-state index contributed by atoms with van der Waals surface area (Å²) in [5.74, 6) is 0.855. The SMILES string of the molecule is N#Cc1ccc(CSc2nnc3n2C(=N)CC(=O)N3)cc1. The molecule has 1 aromatic carbocycles. The predicted molar refractivity (Wildman–Crippen MR) is 77.1 cm³/mol. The number of rotatable bonds is 3. The maximum Gasteiger partial charge on any atom is 0.237 e. The van der Waals surface area contributed by atoms with E-state index in [0.717, 1.165) is 5.56 Å². The second-order valence-corrected chi connectivity index (χ2v) is 5.35. The molecule has 1 aliphatic heterocycles. The Balaban J connectivity index is 1.76. The summed E-state index contributed by atoms with van der Waals surface area (Å²) in [7, 11) is 0.